The molecule has 1 N–H and O–H groups in total. The number of alkyl halides is 4. The third-order valence-electron chi connectivity index (χ3n) is 2.20. The molecule has 0 amide bonds. The highest BCUT2D eigenvalue weighted by molar-refractivity contribution is 7.87. The largest absolute Gasteiger partial charge is 0.431 e. The number of halogens is 4. The van der Waals surface area contributed by atoms with Crippen LogP contribution in [-0.4, -0.2) is 37.4 Å². The van der Waals surface area contributed by atoms with E-state index in [1.165, 1.54) is 0 Å². The van der Waals surface area contributed by atoms with Crippen LogP contribution in [0.5, 0.6) is 0 Å². The first-order valence-electron chi connectivity index (χ1n) is 5.36. The van der Waals surface area contributed by atoms with Crippen molar-refractivity contribution >= 4 is 10.1 Å². The fourth-order valence-electron chi connectivity index (χ4n) is 1.09. The zero-order chi connectivity index (χ0) is 14.4. The van der Waals surface area contributed by atoms with Gasteiger partial charge in [-0.1, -0.05) is 19.8 Å². The van der Waals surface area contributed by atoms with E-state index in [-0.39, 0.29) is 6.61 Å². The van der Waals surface area contributed by atoms with Crippen molar-refractivity contribution in [1.29, 1.82) is 0 Å². The predicted molar refractivity (Wildman–Crippen MR) is 56.4 cm³/mol. The second-order valence-corrected chi connectivity index (χ2v) is 5.23. The molecule has 0 aromatic carbocycles. The molecule has 9 heteroatoms. The van der Waals surface area contributed by atoms with Crippen molar-refractivity contribution in [3.8, 4) is 0 Å². The van der Waals surface area contributed by atoms with E-state index in [0.717, 1.165) is 12.8 Å². The van der Waals surface area contributed by atoms with E-state index in [1.54, 1.807) is 0 Å². The third kappa shape index (κ3) is 4.69. The van der Waals surface area contributed by atoms with Crippen molar-refractivity contribution < 1.29 is 35.3 Å². The Balaban J connectivity index is 4.24. The fraction of sp³-hybridized carbons (Fsp3) is 1.00. The van der Waals surface area contributed by atoms with Crippen molar-refractivity contribution in [3.05, 3.63) is 0 Å². The van der Waals surface area contributed by atoms with Crippen molar-refractivity contribution in [3.63, 3.8) is 0 Å². The lowest BCUT2D eigenvalue weighted by Gasteiger charge is -2.23. The van der Waals surface area contributed by atoms with Crippen LogP contribution < -0.4 is 0 Å². The molecule has 0 aliphatic rings. The lowest BCUT2D eigenvalue weighted by molar-refractivity contribution is -0.170. The monoisotopic (exact) mass is 296 g/mol. The van der Waals surface area contributed by atoms with Gasteiger partial charge in [-0.25, -0.2) is 0 Å². The Morgan fingerprint density at radius 2 is 1.67 bits per heavy atom. The summed E-state index contributed by atoms with van der Waals surface area (Å²) in [4.78, 5) is 0. The van der Waals surface area contributed by atoms with E-state index < -0.39 is 34.3 Å². The number of hydrogen-bond acceptors (Lipinski definition) is 3. The molecule has 0 bridgehead atoms. The molecule has 4 nitrogen and oxygen atoms in total. The quantitative estimate of drug-likeness (QED) is 0.404. The average Bonchev–Trinajstić information content (AvgIpc) is 2.21. The molecule has 0 saturated carbocycles. The fourth-order valence-corrected chi connectivity index (χ4v) is 1.57. The van der Waals surface area contributed by atoms with Crippen LogP contribution in [0.1, 0.15) is 32.6 Å². The molecule has 110 valence electrons. The summed E-state index contributed by atoms with van der Waals surface area (Å²) in [5.74, 6) is -4.87. The van der Waals surface area contributed by atoms with E-state index in [2.05, 4.69) is 4.74 Å². The molecule has 0 unspecified atom stereocenters. The predicted octanol–water partition coefficient (Wildman–Crippen LogP) is 2.70. The maximum absolute atomic E-state index is 12.9. The van der Waals surface area contributed by atoms with Gasteiger partial charge in [0.1, 0.15) is 0 Å². The van der Waals surface area contributed by atoms with Gasteiger partial charge in [0.25, 0.3) is 0 Å². The summed E-state index contributed by atoms with van der Waals surface area (Å²) < 4.78 is 84.3. The summed E-state index contributed by atoms with van der Waals surface area (Å²) in [5.41, 5.74) is 0. The van der Waals surface area contributed by atoms with Gasteiger partial charge >= 0.3 is 21.3 Å². The minimum atomic E-state index is -6.15. The number of ether oxygens (including phenoxy) is 1. The van der Waals surface area contributed by atoms with Gasteiger partial charge in [0.15, 0.2) is 0 Å². The molecule has 0 aromatic rings. The van der Waals surface area contributed by atoms with Crippen LogP contribution in [0.4, 0.5) is 17.6 Å². The molecule has 0 radical (unpaired) electrons. The van der Waals surface area contributed by atoms with Crippen molar-refractivity contribution in [1.82, 2.24) is 0 Å². The summed E-state index contributed by atoms with van der Waals surface area (Å²) in [5, 5.41) is -5.51. The molecular formula is C9H16F4O4S. The van der Waals surface area contributed by atoms with Crippen LogP contribution in [-0.2, 0) is 14.9 Å². The Morgan fingerprint density at radius 3 is 2.11 bits per heavy atom. The first-order valence-corrected chi connectivity index (χ1v) is 6.80. The Labute approximate surface area is 103 Å². The van der Waals surface area contributed by atoms with E-state index in [4.69, 9.17) is 4.55 Å². The molecule has 0 fully saturated rings. The highest BCUT2D eigenvalue weighted by atomic mass is 32.2. The zero-order valence-electron chi connectivity index (χ0n) is 9.83. The lowest BCUT2D eigenvalue weighted by Crippen LogP contribution is -2.47. The zero-order valence-corrected chi connectivity index (χ0v) is 10.7. The number of hydrogen-bond donors (Lipinski definition) is 1. The summed E-state index contributed by atoms with van der Waals surface area (Å²) >= 11 is 0. The normalized spacial score (nSPS) is 13.9. The SMILES string of the molecule is CCCCCOCCC(F)(F)C(F)(F)S(=O)(=O)O. The second-order valence-electron chi connectivity index (χ2n) is 3.77. The van der Waals surface area contributed by atoms with Crippen molar-refractivity contribution in [2.45, 2.75) is 43.8 Å². The Hall–Kier alpha value is -0.410. The van der Waals surface area contributed by atoms with E-state index in [9.17, 15) is 26.0 Å². The molecule has 0 spiro atoms. The highest BCUT2D eigenvalue weighted by Crippen LogP contribution is 2.40. The van der Waals surface area contributed by atoms with Crippen LogP contribution in [0.15, 0.2) is 0 Å². The van der Waals surface area contributed by atoms with Crippen LogP contribution in [0.2, 0.25) is 0 Å². The summed E-state index contributed by atoms with van der Waals surface area (Å²) in [7, 11) is -6.15. The van der Waals surface area contributed by atoms with Crippen LogP contribution in [0.25, 0.3) is 0 Å². The first-order chi connectivity index (χ1) is 8.06. The minimum Gasteiger partial charge on any atom is -0.381 e. The molecule has 0 saturated heterocycles. The van der Waals surface area contributed by atoms with Gasteiger partial charge in [-0.15, -0.1) is 0 Å². The van der Waals surface area contributed by atoms with Gasteiger partial charge in [0, 0.05) is 13.0 Å². The molecule has 0 aromatic heterocycles. The highest BCUT2D eigenvalue weighted by Gasteiger charge is 2.65. The van der Waals surface area contributed by atoms with E-state index >= 15 is 0 Å². The van der Waals surface area contributed by atoms with Crippen LogP contribution in [0.3, 0.4) is 0 Å². The summed E-state index contributed by atoms with van der Waals surface area (Å²) in [6.07, 6.45) is 0.834. The van der Waals surface area contributed by atoms with Gasteiger partial charge in [0.2, 0.25) is 0 Å². The summed E-state index contributed by atoms with van der Waals surface area (Å²) in [6.45, 7) is 1.35. The van der Waals surface area contributed by atoms with E-state index in [0.29, 0.717) is 6.42 Å². The maximum atomic E-state index is 12.9. The average molecular weight is 296 g/mol. The van der Waals surface area contributed by atoms with Gasteiger partial charge in [-0.2, -0.15) is 26.0 Å². The topological polar surface area (TPSA) is 63.6 Å². The molecule has 18 heavy (non-hydrogen) atoms. The number of unbranched alkanes of at least 4 members (excludes halogenated alkanes) is 2. The van der Waals surface area contributed by atoms with E-state index in [1.807, 2.05) is 6.92 Å². The Bertz CT molecular complexity index is 342. The standard InChI is InChI=1S/C9H16F4O4S/c1-2-3-4-6-17-7-5-8(10,11)9(12,13)18(14,15)16/h2-7H2,1H3,(H,14,15,16). The van der Waals surface area contributed by atoms with Gasteiger partial charge in [0.05, 0.1) is 6.61 Å². The van der Waals surface area contributed by atoms with Gasteiger partial charge in [-0.05, 0) is 6.42 Å². The lowest BCUT2D eigenvalue weighted by atomic mass is 10.2. The first kappa shape index (κ1) is 17.6. The van der Waals surface area contributed by atoms with Crippen LogP contribution in [0, 0.1) is 0 Å². The molecule has 0 heterocycles. The minimum absolute atomic E-state index is 0.140. The molecular weight excluding hydrogens is 280 g/mol. The van der Waals surface area contributed by atoms with Gasteiger partial charge < -0.3 is 4.74 Å². The maximum Gasteiger partial charge on any atom is 0.431 e. The van der Waals surface area contributed by atoms with Crippen molar-refractivity contribution in [2.75, 3.05) is 13.2 Å². The molecule has 0 rings (SSSR count). The third-order valence-corrected chi connectivity index (χ3v) is 3.15. The molecule has 0 atom stereocenters. The summed E-state index contributed by atoms with van der Waals surface area (Å²) in [6, 6.07) is 0. The second kappa shape index (κ2) is 6.67. The van der Waals surface area contributed by atoms with Crippen molar-refractivity contribution in [2.24, 2.45) is 0 Å². The van der Waals surface area contributed by atoms with Gasteiger partial charge in [-0.3, -0.25) is 4.55 Å². The number of rotatable bonds is 9. The molecule has 0 aliphatic carbocycles. The molecule has 0 aliphatic heterocycles. The smallest absolute Gasteiger partial charge is 0.381 e. The Morgan fingerprint density at radius 1 is 1.11 bits per heavy atom. The van der Waals surface area contributed by atoms with Crippen LogP contribution >= 0.6 is 0 Å². The Kier molecular flexibility index (Phi) is 6.52.